The number of carbonyl (C=O) groups excluding carboxylic acids is 1. The molecular formula is C16H14ClFN2O. The molecule has 3 rings (SSSR count). The molecule has 0 fully saturated rings. The lowest BCUT2D eigenvalue weighted by Gasteiger charge is -2.12. The first-order valence-electron chi connectivity index (χ1n) is 6.72. The van der Waals surface area contributed by atoms with Crippen LogP contribution in [0.2, 0.25) is 5.02 Å². The number of halogens is 2. The Morgan fingerprint density at radius 1 is 1.29 bits per heavy atom. The SMILES string of the molecule is O=C(CC1CNc2ccccc21)Nc1c(F)cccc1Cl. The molecule has 5 heteroatoms. The molecule has 0 saturated heterocycles. The molecule has 1 aliphatic heterocycles. The summed E-state index contributed by atoms with van der Waals surface area (Å²) < 4.78 is 13.7. The van der Waals surface area contributed by atoms with Crippen molar-refractivity contribution in [2.24, 2.45) is 0 Å². The number of fused-ring (bicyclic) bond motifs is 1. The first kappa shape index (κ1) is 13.9. The van der Waals surface area contributed by atoms with Crippen LogP contribution in [0.3, 0.4) is 0 Å². The quantitative estimate of drug-likeness (QED) is 0.899. The molecule has 108 valence electrons. The molecule has 0 aromatic heterocycles. The van der Waals surface area contributed by atoms with Crippen molar-refractivity contribution in [2.75, 3.05) is 17.2 Å². The number of hydrogen-bond donors (Lipinski definition) is 2. The van der Waals surface area contributed by atoms with Gasteiger partial charge >= 0.3 is 0 Å². The molecule has 1 amide bonds. The first-order chi connectivity index (χ1) is 10.1. The molecule has 1 heterocycles. The number of hydrogen-bond acceptors (Lipinski definition) is 2. The van der Waals surface area contributed by atoms with Crippen molar-refractivity contribution in [3.05, 3.63) is 58.9 Å². The zero-order chi connectivity index (χ0) is 14.8. The maximum Gasteiger partial charge on any atom is 0.225 e. The third kappa shape index (κ3) is 2.85. The smallest absolute Gasteiger partial charge is 0.225 e. The number of anilines is 2. The molecule has 0 radical (unpaired) electrons. The lowest BCUT2D eigenvalue weighted by Crippen LogP contribution is -2.17. The van der Waals surface area contributed by atoms with Crippen molar-refractivity contribution in [3.63, 3.8) is 0 Å². The third-order valence-electron chi connectivity index (χ3n) is 3.60. The van der Waals surface area contributed by atoms with Crippen LogP contribution in [-0.4, -0.2) is 12.5 Å². The Balaban J connectivity index is 1.71. The van der Waals surface area contributed by atoms with Gasteiger partial charge in [-0.25, -0.2) is 4.39 Å². The minimum Gasteiger partial charge on any atom is -0.384 e. The summed E-state index contributed by atoms with van der Waals surface area (Å²) in [5, 5.41) is 6.03. The molecule has 0 bridgehead atoms. The fourth-order valence-corrected chi connectivity index (χ4v) is 2.78. The van der Waals surface area contributed by atoms with E-state index < -0.39 is 5.82 Å². The van der Waals surface area contributed by atoms with E-state index in [0.717, 1.165) is 11.3 Å². The highest BCUT2D eigenvalue weighted by atomic mass is 35.5. The maximum absolute atomic E-state index is 13.7. The Morgan fingerprint density at radius 3 is 2.90 bits per heavy atom. The number of benzene rings is 2. The molecule has 0 saturated carbocycles. The van der Waals surface area contributed by atoms with Gasteiger partial charge in [-0.1, -0.05) is 35.9 Å². The van der Waals surface area contributed by atoms with E-state index in [4.69, 9.17) is 11.6 Å². The summed E-state index contributed by atoms with van der Waals surface area (Å²) in [6.07, 6.45) is 0.286. The summed E-state index contributed by atoms with van der Waals surface area (Å²) in [5.74, 6) is -0.682. The highest BCUT2D eigenvalue weighted by Gasteiger charge is 2.24. The molecule has 2 N–H and O–H groups in total. The highest BCUT2D eigenvalue weighted by Crippen LogP contribution is 2.33. The number of nitrogens with one attached hydrogen (secondary N) is 2. The molecule has 3 nitrogen and oxygen atoms in total. The van der Waals surface area contributed by atoms with Crippen LogP contribution in [0.25, 0.3) is 0 Å². The van der Waals surface area contributed by atoms with Gasteiger partial charge in [0.25, 0.3) is 0 Å². The van der Waals surface area contributed by atoms with Crippen LogP contribution >= 0.6 is 11.6 Å². The van der Waals surface area contributed by atoms with Crippen LogP contribution in [-0.2, 0) is 4.79 Å². The predicted molar refractivity (Wildman–Crippen MR) is 82.3 cm³/mol. The summed E-state index contributed by atoms with van der Waals surface area (Å²) in [6, 6.07) is 12.2. The Morgan fingerprint density at radius 2 is 2.10 bits per heavy atom. The maximum atomic E-state index is 13.7. The molecule has 21 heavy (non-hydrogen) atoms. The van der Waals surface area contributed by atoms with Gasteiger partial charge in [0.05, 0.1) is 10.7 Å². The van der Waals surface area contributed by atoms with Gasteiger partial charge in [0.1, 0.15) is 5.82 Å². The van der Waals surface area contributed by atoms with Gasteiger partial charge in [-0.3, -0.25) is 4.79 Å². The van der Waals surface area contributed by atoms with Gasteiger partial charge in [-0.15, -0.1) is 0 Å². The van der Waals surface area contributed by atoms with E-state index in [0.29, 0.717) is 6.54 Å². The monoisotopic (exact) mass is 304 g/mol. The molecule has 2 aromatic carbocycles. The third-order valence-corrected chi connectivity index (χ3v) is 3.91. The van der Waals surface area contributed by atoms with Gasteiger partial charge in [-0.2, -0.15) is 0 Å². The largest absolute Gasteiger partial charge is 0.384 e. The van der Waals surface area contributed by atoms with Crippen LogP contribution in [0.5, 0.6) is 0 Å². The van der Waals surface area contributed by atoms with E-state index in [1.165, 1.54) is 12.1 Å². The Bertz CT molecular complexity index is 669. The van der Waals surface area contributed by atoms with Gasteiger partial charge < -0.3 is 10.6 Å². The van der Waals surface area contributed by atoms with Gasteiger partial charge in [0.2, 0.25) is 5.91 Å². The molecule has 1 unspecified atom stereocenters. The van der Waals surface area contributed by atoms with E-state index in [1.807, 2.05) is 24.3 Å². The van der Waals surface area contributed by atoms with E-state index in [9.17, 15) is 9.18 Å². The molecule has 1 atom stereocenters. The lowest BCUT2D eigenvalue weighted by atomic mass is 9.97. The Labute approximate surface area is 127 Å². The van der Waals surface area contributed by atoms with Gasteiger partial charge in [-0.05, 0) is 23.8 Å². The van der Waals surface area contributed by atoms with Crippen LogP contribution in [0.4, 0.5) is 15.8 Å². The van der Waals surface area contributed by atoms with E-state index in [-0.39, 0.29) is 29.0 Å². The average molecular weight is 305 g/mol. The van der Waals surface area contributed by atoms with Crippen LogP contribution < -0.4 is 10.6 Å². The molecule has 2 aromatic rings. The van der Waals surface area contributed by atoms with E-state index in [2.05, 4.69) is 10.6 Å². The summed E-state index contributed by atoms with van der Waals surface area (Å²) >= 11 is 5.90. The minimum absolute atomic E-state index is 0.0448. The highest BCUT2D eigenvalue weighted by molar-refractivity contribution is 6.33. The van der Waals surface area contributed by atoms with Crippen molar-refractivity contribution < 1.29 is 9.18 Å². The second-order valence-corrected chi connectivity index (χ2v) is 5.42. The molecule has 0 aliphatic carbocycles. The standard InChI is InChI=1S/C16H14ClFN2O/c17-12-5-3-6-13(18)16(12)20-15(21)8-10-9-19-14-7-2-1-4-11(10)14/h1-7,10,19H,8-9H2,(H,20,21). The average Bonchev–Trinajstić information content (AvgIpc) is 2.87. The summed E-state index contributed by atoms with van der Waals surface area (Å²) in [6.45, 7) is 0.706. The minimum atomic E-state index is -0.527. The Hall–Kier alpha value is -2.07. The number of carbonyl (C=O) groups is 1. The molecular weight excluding hydrogens is 291 g/mol. The molecule has 1 aliphatic rings. The zero-order valence-electron chi connectivity index (χ0n) is 11.2. The fraction of sp³-hybridized carbons (Fsp3) is 0.188. The fourth-order valence-electron chi connectivity index (χ4n) is 2.57. The van der Waals surface area contributed by atoms with Crippen molar-refractivity contribution >= 4 is 28.9 Å². The molecule has 0 spiro atoms. The van der Waals surface area contributed by atoms with E-state index >= 15 is 0 Å². The zero-order valence-corrected chi connectivity index (χ0v) is 12.0. The summed E-state index contributed by atoms with van der Waals surface area (Å²) in [4.78, 5) is 12.1. The lowest BCUT2D eigenvalue weighted by molar-refractivity contribution is -0.116. The number of rotatable bonds is 3. The van der Waals surface area contributed by atoms with Crippen LogP contribution in [0.15, 0.2) is 42.5 Å². The van der Waals surface area contributed by atoms with Gasteiger partial charge in [0.15, 0.2) is 0 Å². The second kappa shape index (κ2) is 5.74. The van der Waals surface area contributed by atoms with Crippen LogP contribution in [0.1, 0.15) is 17.9 Å². The van der Waals surface area contributed by atoms with Gasteiger partial charge in [0, 0.05) is 24.6 Å². The van der Waals surface area contributed by atoms with Crippen molar-refractivity contribution in [1.29, 1.82) is 0 Å². The predicted octanol–water partition coefficient (Wildman–Crippen LogP) is 4.02. The summed E-state index contributed by atoms with van der Waals surface area (Å²) in [5.41, 5.74) is 2.22. The van der Waals surface area contributed by atoms with Crippen molar-refractivity contribution in [3.8, 4) is 0 Å². The Kier molecular flexibility index (Phi) is 3.80. The normalized spacial score (nSPS) is 16.2. The van der Waals surface area contributed by atoms with Crippen molar-refractivity contribution in [1.82, 2.24) is 0 Å². The number of amides is 1. The van der Waals surface area contributed by atoms with E-state index in [1.54, 1.807) is 6.07 Å². The van der Waals surface area contributed by atoms with Crippen molar-refractivity contribution in [2.45, 2.75) is 12.3 Å². The topological polar surface area (TPSA) is 41.1 Å². The van der Waals surface area contributed by atoms with Crippen LogP contribution in [0, 0.1) is 5.82 Å². The number of para-hydroxylation sites is 2. The first-order valence-corrected chi connectivity index (χ1v) is 7.09. The second-order valence-electron chi connectivity index (χ2n) is 5.01. The summed E-state index contributed by atoms with van der Waals surface area (Å²) in [7, 11) is 0.